The number of thiophene rings is 1. The SMILES string of the molecule is O=C(Nc1ccc(Nc2ccc3c(c2)OCO3)nn1)c1cccs1. The van der Waals surface area contributed by atoms with Crippen LogP contribution in [0.5, 0.6) is 11.5 Å². The lowest BCUT2D eigenvalue weighted by Gasteiger charge is -2.07. The second kappa shape index (κ2) is 6.17. The zero-order valence-corrected chi connectivity index (χ0v) is 13.2. The molecule has 1 aliphatic heterocycles. The van der Waals surface area contributed by atoms with Crippen LogP contribution in [0.2, 0.25) is 0 Å². The topological polar surface area (TPSA) is 85.4 Å². The molecular formula is C16H12N4O3S. The second-order valence-corrected chi connectivity index (χ2v) is 5.88. The largest absolute Gasteiger partial charge is 0.454 e. The lowest BCUT2D eigenvalue weighted by molar-refractivity contribution is 0.103. The van der Waals surface area contributed by atoms with Crippen LogP contribution in [-0.4, -0.2) is 22.9 Å². The number of amides is 1. The third-order valence-electron chi connectivity index (χ3n) is 3.30. The monoisotopic (exact) mass is 340 g/mol. The summed E-state index contributed by atoms with van der Waals surface area (Å²) in [6.45, 7) is 0.233. The molecule has 2 N–H and O–H groups in total. The minimum atomic E-state index is -0.198. The maximum atomic E-state index is 11.9. The maximum Gasteiger partial charge on any atom is 0.266 e. The zero-order chi connectivity index (χ0) is 16.4. The van der Waals surface area contributed by atoms with Gasteiger partial charge in [0.1, 0.15) is 0 Å². The summed E-state index contributed by atoms with van der Waals surface area (Å²) in [4.78, 5) is 12.6. The van der Waals surface area contributed by atoms with Crippen LogP contribution in [0.4, 0.5) is 17.3 Å². The van der Waals surface area contributed by atoms with Crippen LogP contribution in [0, 0.1) is 0 Å². The molecule has 8 heteroatoms. The Bertz CT molecular complexity index is 866. The molecule has 1 amide bonds. The molecule has 0 saturated heterocycles. The standard InChI is InChI=1S/C16H12N4O3S/c21-16(13-2-1-7-24-13)18-15-6-5-14(19-20-15)17-10-3-4-11-12(8-10)23-9-22-11/h1-8H,9H2,(H,17,19)(H,18,20,21). The van der Waals surface area contributed by atoms with Crippen LogP contribution in [0.25, 0.3) is 0 Å². The predicted octanol–water partition coefficient (Wildman–Crippen LogP) is 3.26. The Hall–Kier alpha value is -3.13. The van der Waals surface area contributed by atoms with Crippen LogP contribution in [0.3, 0.4) is 0 Å². The fourth-order valence-corrected chi connectivity index (χ4v) is 2.79. The third-order valence-corrected chi connectivity index (χ3v) is 4.16. The number of anilines is 3. The molecule has 0 saturated carbocycles. The number of ether oxygens (including phenoxy) is 2. The van der Waals surface area contributed by atoms with Gasteiger partial charge in [0.15, 0.2) is 23.1 Å². The zero-order valence-electron chi connectivity index (χ0n) is 12.4. The van der Waals surface area contributed by atoms with Crippen molar-refractivity contribution in [3.05, 3.63) is 52.7 Å². The number of carbonyl (C=O) groups is 1. The molecule has 7 nitrogen and oxygen atoms in total. The number of fused-ring (bicyclic) bond motifs is 1. The van der Waals surface area contributed by atoms with Gasteiger partial charge in [0.05, 0.1) is 4.88 Å². The molecule has 3 heterocycles. The summed E-state index contributed by atoms with van der Waals surface area (Å²) in [6, 6.07) is 12.5. The number of aromatic nitrogens is 2. The highest BCUT2D eigenvalue weighted by Gasteiger charge is 2.13. The fourth-order valence-electron chi connectivity index (χ4n) is 2.17. The first-order valence-corrected chi connectivity index (χ1v) is 8.01. The molecule has 0 spiro atoms. The van der Waals surface area contributed by atoms with Crippen LogP contribution in [0.15, 0.2) is 47.8 Å². The summed E-state index contributed by atoms with van der Waals surface area (Å²) in [6.07, 6.45) is 0. The van der Waals surface area contributed by atoms with Gasteiger partial charge in [-0.1, -0.05) is 6.07 Å². The average Bonchev–Trinajstić information content (AvgIpc) is 3.27. The Morgan fingerprint density at radius 2 is 1.88 bits per heavy atom. The molecule has 120 valence electrons. The molecule has 0 fully saturated rings. The maximum absolute atomic E-state index is 11.9. The van der Waals surface area contributed by atoms with E-state index in [1.54, 1.807) is 18.2 Å². The third kappa shape index (κ3) is 2.99. The Morgan fingerprint density at radius 3 is 2.67 bits per heavy atom. The smallest absolute Gasteiger partial charge is 0.266 e. The fraction of sp³-hybridized carbons (Fsp3) is 0.0625. The van der Waals surface area contributed by atoms with E-state index in [1.807, 2.05) is 29.6 Å². The van der Waals surface area contributed by atoms with E-state index < -0.39 is 0 Å². The van der Waals surface area contributed by atoms with E-state index in [4.69, 9.17) is 9.47 Å². The van der Waals surface area contributed by atoms with Gasteiger partial charge in [-0.2, -0.15) is 0 Å². The first-order chi connectivity index (χ1) is 11.8. The highest BCUT2D eigenvalue weighted by Crippen LogP contribution is 2.34. The number of nitrogens with zero attached hydrogens (tertiary/aromatic N) is 2. The Kier molecular flexibility index (Phi) is 3.72. The molecule has 1 aromatic carbocycles. The summed E-state index contributed by atoms with van der Waals surface area (Å²) >= 11 is 1.37. The van der Waals surface area contributed by atoms with Crippen LogP contribution < -0.4 is 20.1 Å². The van der Waals surface area contributed by atoms with Crippen molar-refractivity contribution in [2.45, 2.75) is 0 Å². The van der Waals surface area contributed by atoms with Crippen LogP contribution >= 0.6 is 11.3 Å². The van der Waals surface area contributed by atoms with E-state index in [2.05, 4.69) is 20.8 Å². The van der Waals surface area contributed by atoms with E-state index in [-0.39, 0.29) is 12.7 Å². The molecular weight excluding hydrogens is 328 g/mol. The number of benzene rings is 1. The molecule has 0 radical (unpaired) electrons. The van der Waals surface area contributed by atoms with Crippen molar-refractivity contribution in [1.82, 2.24) is 10.2 Å². The van der Waals surface area contributed by atoms with Gasteiger partial charge in [-0.25, -0.2) is 0 Å². The van der Waals surface area contributed by atoms with Crippen molar-refractivity contribution in [3.63, 3.8) is 0 Å². The molecule has 0 atom stereocenters. The first kappa shape index (κ1) is 14.5. The van der Waals surface area contributed by atoms with Crippen LogP contribution in [-0.2, 0) is 0 Å². The molecule has 0 unspecified atom stereocenters. The molecule has 2 aromatic heterocycles. The summed E-state index contributed by atoms with van der Waals surface area (Å²) in [5, 5.41) is 15.7. The number of hydrogen-bond donors (Lipinski definition) is 2. The highest BCUT2D eigenvalue weighted by atomic mass is 32.1. The number of nitrogens with one attached hydrogen (secondary N) is 2. The summed E-state index contributed by atoms with van der Waals surface area (Å²) < 4.78 is 10.6. The second-order valence-electron chi connectivity index (χ2n) is 4.93. The predicted molar refractivity (Wildman–Crippen MR) is 90.2 cm³/mol. The van der Waals surface area contributed by atoms with Crippen LogP contribution in [0.1, 0.15) is 9.67 Å². The molecule has 3 aromatic rings. The summed E-state index contributed by atoms with van der Waals surface area (Å²) in [7, 11) is 0. The van der Waals surface area contributed by atoms with Gasteiger partial charge in [0.2, 0.25) is 6.79 Å². The van der Waals surface area contributed by atoms with E-state index in [0.717, 1.165) is 11.4 Å². The van der Waals surface area contributed by atoms with E-state index in [9.17, 15) is 4.79 Å². The Morgan fingerprint density at radius 1 is 1.04 bits per heavy atom. The normalized spacial score (nSPS) is 12.0. The van der Waals surface area contributed by atoms with E-state index in [1.165, 1.54) is 11.3 Å². The quantitative estimate of drug-likeness (QED) is 0.758. The summed E-state index contributed by atoms with van der Waals surface area (Å²) in [5.41, 5.74) is 0.809. The van der Waals surface area contributed by atoms with Crippen molar-refractivity contribution in [2.75, 3.05) is 17.4 Å². The van der Waals surface area contributed by atoms with Gasteiger partial charge in [-0.15, -0.1) is 21.5 Å². The molecule has 0 bridgehead atoms. The van der Waals surface area contributed by atoms with Gasteiger partial charge in [-0.3, -0.25) is 4.79 Å². The van der Waals surface area contributed by atoms with E-state index in [0.29, 0.717) is 22.3 Å². The Labute approximate surface area is 141 Å². The first-order valence-electron chi connectivity index (χ1n) is 7.13. The summed E-state index contributed by atoms with van der Waals surface area (Å²) in [5.74, 6) is 2.16. The van der Waals surface area contributed by atoms with Gasteiger partial charge < -0.3 is 20.1 Å². The van der Waals surface area contributed by atoms with Crippen molar-refractivity contribution < 1.29 is 14.3 Å². The molecule has 24 heavy (non-hydrogen) atoms. The number of hydrogen-bond acceptors (Lipinski definition) is 7. The van der Waals surface area contributed by atoms with Crippen molar-refractivity contribution in [2.24, 2.45) is 0 Å². The van der Waals surface area contributed by atoms with E-state index >= 15 is 0 Å². The molecule has 1 aliphatic rings. The Balaban J connectivity index is 1.43. The lowest BCUT2D eigenvalue weighted by Crippen LogP contribution is -2.12. The van der Waals surface area contributed by atoms with Gasteiger partial charge in [0, 0.05) is 11.8 Å². The van der Waals surface area contributed by atoms with Gasteiger partial charge >= 0.3 is 0 Å². The highest BCUT2D eigenvalue weighted by molar-refractivity contribution is 7.12. The average molecular weight is 340 g/mol. The number of carbonyl (C=O) groups excluding carboxylic acids is 1. The van der Waals surface area contributed by atoms with Gasteiger partial charge in [-0.05, 0) is 35.7 Å². The van der Waals surface area contributed by atoms with Crippen molar-refractivity contribution in [3.8, 4) is 11.5 Å². The lowest BCUT2D eigenvalue weighted by atomic mass is 10.3. The van der Waals surface area contributed by atoms with Gasteiger partial charge in [0.25, 0.3) is 5.91 Å². The molecule has 0 aliphatic carbocycles. The number of rotatable bonds is 4. The van der Waals surface area contributed by atoms with Crippen molar-refractivity contribution >= 4 is 34.6 Å². The van der Waals surface area contributed by atoms with Crippen molar-refractivity contribution in [1.29, 1.82) is 0 Å². The minimum Gasteiger partial charge on any atom is -0.454 e. The minimum absolute atomic E-state index is 0.198. The molecule has 4 rings (SSSR count).